The van der Waals surface area contributed by atoms with Gasteiger partial charge in [-0.2, -0.15) is 0 Å². The van der Waals surface area contributed by atoms with Crippen LogP contribution in [0.3, 0.4) is 0 Å². The lowest BCUT2D eigenvalue weighted by molar-refractivity contribution is -0.0647. The molecule has 0 bridgehead atoms. The summed E-state index contributed by atoms with van der Waals surface area (Å²) in [7, 11) is 0. The minimum Gasteiger partial charge on any atom is -0.379 e. The molecule has 3 heteroatoms. The standard InChI is InChI=1S/C22H29NO2/c1-2-9-20-18(6-1)7-5-8-19(20)12-15-25-22-11-4-3-10-21(22)23-13-16-24-17-14-23/h1-2,5-9,21-22H,3-4,10-17H2/t21?,22-/m0/s1. The van der Waals surface area contributed by atoms with Crippen LogP contribution in [0, 0.1) is 0 Å². The first kappa shape index (κ1) is 17.0. The summed E-state index contributed by atoms with van der Waals surface area (Å²) < 4.78 is 11.9. The Bertz CT molecular complexity index is 675. The Morgan fingerprint density at radius 1 is 0.960 bits per heavy atom. The van der Waals surface area contributed by atoms with Crippen LogP contribution < -0.4 is 0 Å². The highest BCUT2D eigenvalue weighted by atomic mass is 16.5. The molecule has 1 unspecified atom stereocenters. The van der Waals surface area contributed by atoms with Crippen molar-refractivity contribution in [3.8, 4) is 0 Å². The predicted molar refractivity (Wildman–Crippen MR) is 102 cm³/mol. The van der Waals surface area contributed by atoms with Crippen molar-refractivity contribution in [2.45, 2.75) is 44.2 Å². The van der Waals surface area contributed by atoms with Crippen LogP contribution in [-0.2, 0) is 15.9 Å². The fourth-order valence-electron chi connectivity index (χ4n) is 4.43. The number of hydrogen-bond donors (Lipinski definition) is 0. The van der Waals surface area contributed by atoms with Gasteiger partial charge in [-0.3, -0.25) is 4.90 Å². The SMILES string of the molecule is c1ccc2c(CCO[C@H]3CCCCC3N3CCOCC3)cccc2c1. The molecule has 1 saturated carbocycles. The molecule has 4 rings (SSSR count). The van der Waals surface area contributed by atoms with Crippen molar-refractivity contribution in [1.82, 2.24) is 4.90 Å². The fourth-order valence-corrected chi connectivity index (χ4v) is 4.43. The molecule has 1 heterocycles. The van der Waals surface area contributed by atoms with Gasteiger partial charge < -0.3 is 9.47 Å². The monoisotopic (exact) mass is 339 g/mol. The molecule has 1 aliphatic heterocycles. The maximum Gasteiger partial charge on any atom is 0.0730 e. The summed E-state index contributed by atoms with van der Waals surface area (Å²) in [5, 5.41) is 2.69. The van der Waals surface area contributed by atoms with E-state index in [1.54, 1.807) is 0 Å². The molecule has 0 spiro atoms. The van der Waals surface area contributed by atoms with Crippen molar-refractivity contribution in [2.24, 2.45) is 0 Å². The Morgan fingerprint density at radius 3 is 2.68 bits per heavy atom. The lowest BCUT2D eigenvalue weighted by atomic mass is 9.91. The van der Waals surface area contributed by atoms with Crippen LogP contribution >= 0.6 is 0 Å². The van der Waals surface area contributed by atoms with Gasteiger partial charge in [0.05, 0.1) is 25.9 Å². The maximum absolute atomic E-state index is 6.42. The van der Waals surface area contributed by atoms with Gasteiger partial charge in [-0.25, -0.2) is 0 Å². The molecule has 1 saturated heterocycles. The normalized spacial score (nSPS) is 25.3. The lowest BCUT2D eigenvalue weighted by Gasteiger charge is -2.41. The Hall–Kier alpha value is -1.42. The van der Waals surface area contributed by atoms with Crippen LogP contribution in [0.15, 0.2) is 42.5 Å². The first-order valence-corrected chi connectivity index (χ1v) is 9.82. The number of benzene rings is 2. The van der Waals surface area contributed by atoms with Crippen LogP contribution in [0.1, 0.15) is 31.2 Å². The van der Waals surface area contributed by atoms with E-state index in [0.29, 0.717) is 12.1 Å². The lowest BCUT2D eigenvalue weighted by Crippen LogP contribution is -2.51. The highest BCUT2D eigenvalue weighted by molar-refractivity contribution is 5.85. The Kier molecular flexibility index (Phi) is 5.65. The van der Waals surface area contributed by atoms with Gasteiger partial charge in [-0.15, -0.1) is 0 Å². The second-order valence-corrected chi connectivity index (χ2v) is 7.30. The van der Waals surface area contributed by atoms with Gasteiger partial charge in [-0.05, 0) is 35.6 Å². The van der Waals surface area contributed by atoms with Gasteiger partial charge in [0.1, 0.15) is 0 Å². The molecule has 0 N–H and O–H groups in total. The Labute approximate surface area is 150 Å². The van der Waals surface area contributed by atoms with E-state index in [2.05, 4.69) is 47.4 Å². The minimum atomic E-state index is 0.391. The van der Waals surface area contributed by atoms with Gasteiger partial charge >= 0.3 is 0 Å². The smallest absolute Gasteiger partial charge is 0.0730 e. The summed E-state index contributed by atoms with van der Waals surface area (Å²) in [4.78, 5) is 2.60. The summed E-state index contributed by atoms with van der Waals surface area (Å²) in [5.74, 6) is 0. The first-order chi connectivity index (χ1) is 12.4. The van der Waals surface area contributed by atoms with Crippen molar-refractivity contribution in [3.05, 3.63) is 48.0 Å². The molecule has 2 aromatic carbocycles. The summed E-state index contributed by atoms with van der Waals surface area (Å²) in [6, 6.07) is 15.8. The summed E-state index contributed by atoms with van der Waals surface area (Å²) in [5.41, 5.74) is 1.40. The number of rotatable bonds is 5. The van der Waals surface area contributed by atoms with E-state index >= 15 is 0 Å². The number of ether oxygens (including phenoxy) is 2. The van der Waals surface area contributed by atoms with Crippen molar-refractivity contribution in [1.29, 1.82) is 0 Å². The van der Waals surface area contributed by atoms with Gasteiger partial charge in [0.2, 0.25) is 0 Å². The van der Waals surface area contributed by atoms with Gasteiger partial charge in [0.25, 0.3) is 0 Å². The van der Waals surface area contributed by atoms with E-state index in [1.165, 1.54) is 42.0 Å². The molecule has 0 amide bonds. The van der Waals surface area contributed by atoms with E-state index in [9.17, 15) is 0 Å². The largest absolute Gasteiger partial charge is 0.379 e. The second-order valence-electron chi connectivity index (χ2n) is 7.30. The summed E-state index contributed by atoms with van der Waals surface area (Å²) in [6.45, 7) is 4.69. The zero-order valence-corrected chi connectivity index (χ0v) is 15.0. The van der Waals surface area contributed by atoms with Crippen LogP contribution in [0.4, 0.5) is 0 Å². The number of fused-ring (bicyclic) bond motifs is 1. The summed E-state index contributed by atoms with van der Waals surface area (Å²) >= 11 is 0. The zero-order chi connectivity index (χ0) is 16.9. The molecular weight excluding hydrogens is 310 g/mol. The molecule has 3 nitrogen and oxygen atoms in total. The third-order valence-corrected chi connectivity index (χ3v) is 5.77. The topological polar surface area (TPSA) is 21.7 Å². The number of hydrogen-bond acceptors (Lipinski definition) is 3. The summed E-state index contributed by atoms with van der Waals surface area (Å²) in [6.07, 6.45) is 6.51. The van der Waals surface area contributed by atoms with Crippen molar-refractivity contribution in [3.63, 3.8) is 0 Å². The van der Waals surface area contributed by atoms with E-state index in [4.69, 9.17) is 9.47 Å². The molecule has 1 aliphatic carbocycles. The molecule has 2 aliphatic rings. The van der Waals surface area contributed by atoms with E-state index in [0.717, 1.165) is 39.3 Å². The molecule has 25 heavy (non-hydrogen) atoms. The van der Waals surface area contributed by atoms with Crippen molar-refractivity contribution >= 4 is 10.8 Å². The van der Waals surface area contributed by atoms with E-state index < -0.39 is 0 Å². The molecular formula is C22H29NO2. The van der Waals surface area contributed by atoms with Crippen LogP contribution in [0.5, 0.6) is 0 Å². The van der Waals surface area contributed by atoms with Crippen LogP contribution in [0.2, 0.25) is 0 Å². The van der Waals surface area contributed by atoms with Crippen molar-refractivity contribution in [2.75, 3.05) is 32.9 Å². The van der Waals surface area contributed by atoms with Gasteiger partial charge in [0, 0.05) is 19.1 Å². The van der Waals surface area contributed by atoms with Crippen LogP contribution in [-0.4, -0.2) is 50.0 Å². The average Bonchev–Trinajstić information content (AvgIpc) is 2.69. The first-order valence-electron chi connectivity index (χ1n) is 9.82. The predicted octanol–water partition coefficient (Wildman–Crippen LogP) is 4.04. The Morgan fingerprint density at radius 2 is 1.76 bits per heavy atom. The number of morpholine rings is 1. The molecule has 2 atom stereocenters. The van der Waals surface area contributed by atoms with E-state index in [1.807, 2.05) is 0 Å². The third kappa shape index (κ3) is 4.05. The highest BCUT2D eigenvalue weighted by Crippen LogP contribution is 2.27. The molecule has 0 aromatic heterocycles. The van der Waals surface area contributed by atoms with Gasteiger partial charge in [0.15, 0.2) is 0 Å². The fraction of sp³-hybridized carbons (Fsp3) is 0.545. The molecule has 2 aromatic rings. The van der Waals surface area contributed by atoms with Gasteiger partial charge in [-0.1, -0.05) is 55.3 Å². The third-order valence-electron chi connectivity index (χ3n) is 5.77. The zero-order valence-electron chi connectivity index (χ0n) is 15.0. The van der Waals surface area contributed by atoms with E-state index in [-0.39, 0.29) is 0 Å². The van der Waals surface area contributed by atoms with Crippen molar-refractivity contribution < 1.29 is 9.47 Å². The molecule has 134 valence electrons. The molecule has 0 radical (unpaired) electrons. The quantitative estimate of drug-likeness (QED) is 0.820. The Balaban J connectivity index is 1.37. The number of nitrogens with zero attached hydrogens (tertiary/aromatic N) is 1. The maximum atomic E-state index is 6.42. The average molecular weight is 339 g/mol. The minimum absolute atomic E-state index is 0.391. The highest BCUT2D eigenvalue weighted by Gasteiger charge is 2.31. The second kappa shape index (κ2) is 8.31. The molecule has 2 fully saturated rings. The van der Waals surface area contributed by atoms with Crippen LogP contribution in [0.25, 0.3) is 10.8 Å².